The molecule has 0 aliphatic carbocycles. The van der Waals surface area contributed by atoms with Gasteiger partial charge in [0.25, 0.3) is 0 Å². The standard InChI is InChI=1S/C13H18OS2/c1-10(6-14)7-15-8-11-9-16-13-5-3-2-4-12(11)13/h2-5,10-11,14H,6-9H2,1H3. The summed E-state index contributed by atoms with van der Waals surface area (Å²) in [5.41, 5.74) is 1.52. The normalized spacial score (nSPS) is 20.8. The van der Waals surface area contributed by atoms with Gasteiger partial charge in [-0.05, 0) is 23.3 Å². The molecule has 2 unspecified atom stereocenters. The van der Waals surface area contributed by atoms with Gasteiger partial charge in [-0.1, -0.05) is 25.1 Å². The van der Waals surface area contributed by atoms with E-state index in [2.05, 4.69) is 31.2 Å². The van der Waals surface area contributed by atoms with Gasteiger partial charge < -0.3 is 5.11 Å². The van der Waals surface area contributed by atoms with E-state index >= 15 is 0 Å². The van der Waals surface area contributed by atoms with E-state index < -0.39 is 0 Å². The van der Waals surface area contributed by atoms with Gasteiger partial charge in [-0.3, -0.25) is 0 Å². The predicted molar refractivity (Wildman–Crippen MR) is 73.5 cm³/mol. The predicted octanol–water partition coefficient (Wildman–Crippen LogP) is 3.24. The number of aliphatic hydroxyl groups excluding tert-OH is 1. The monoisotopic (exact) mass is 254 g/mol. The van der Waals surface area contributed by atoms with Crippen LogP contribution in [-0.4, -0.2) is 29.0 Å². The molecule has 1 aliphatic heterocycles. The Bertz CT molecular complexity index is 340. The highest BCUT2D eigenvalue weighted by Crippen LogP contribution is 2.40. The molecule has 0 aromatic heterocycles. The third kappa shape index (κ3) is 2.96. The molecule has 1 aromatic rings. The van der Waals surface area contributed by atoms with Crippen LogP contribution in [0.5, 0.6) is 0 Å². The maximum absolute atomic E-state index is 8.97. The summed E-state index contributed by atoms with van der Waals surface area (Å²) in [4.78, 5) is 1.46. The van der Waals surface area contributed by atoms with Crippen LogP contribution in [0.4, 0.5) is 0 Å². The number of hydrogen-bond donors (Lipinski definition) is 1. The number of rotatable bonds is 5. The third-order valence-electron chi connectivity index (χ3n) is 2.83. The van der Waals surface area contributed by atoms with Crippen LogP contribution < -0.4 is 0 Å². The van der Waals surface area contributed by atoms with Crippen LogP contribution >= 0.6 is 23.5 Å². The molecule has 2 rings (SSSR count). The topological polar surface area (TPSA) is 20.2 Å². The minimum absolute atomic E-state index is 0.309. The second-order valence-electron chi connectivity index (χ2n) is 4.37. The van der Waals surface area contributed by atoms with Crippen molar-refractivity contribution in [2.75, 3.05) is 23.9 Å². The Balaban J connectivity index is 1.84. The highest BCUT2D eigenvalue weighted by molar-refractivity contribution is 8.00. The first kappa shape index (κ1) is 12.3. The van der Waals surface area contributed by atoms with E-state index in [0.717, 1.165) is 5.75 Å². The minimum atomic E-state index is 0.309. The van der Waals surface area contributed by atoms with Crippen molar-refractivity contribution < 1.29 is 5.11 Å². The molecule has 0 spiro atoms. The molecular weight excluding hydrogens is 236 g/mol. The molecule has 88 valence electrons. The second-order valence-corrected chi connectivity index (χ2v) is 6.51. The van der Waals surface area contributed by atoms with Gasteiger partial charge in [0.05, 0.1) is 0 Å². The quantitative estimate of drug-likeness (QED) is 0.871. The third-order valence-corrected chi connectivity index (χ3v) is 5.53. The molecule has 1 nitrogen and oxygen atoms in total. The zero-order chi connectivity index (χ0) is 11.4. The lowest BCUT2D eigenvalue weighted by molar-refractivity contribution is 0.250. The number of benzene rings is 1. The highest BCUT2D eigenvalue weighted by Gasteiger charge is 2.22. The molecular formula is C13H18OS2. The summed E-state index contributed by atoms with van der Waals surface area (Å²) < 4.78 is 0. The number of hydrogen-bond acceptors (Lipinski definition) is 3. The lowest BCUT2D eigenvalue weighted by Gasteiger charge is -2.12. The van der Waals surface area contributed by atoms with Gasteiger partial charge in [-0.25, -0.2) is 0 Å². The molecule has 0 saturated carbocycles. The Labute approximate surface area is 106 Å². The lowest BCUT2D eigenvalue weighted by atomic mass is 10.0. The van der Waals surface area contributed by atoms with E-state index in [9.17, 15) is 0 Å². The van der Waals surface area contributed by atoms with Crippen molar-refractivity contribution in [3.63, 3.8) is 0 Å². The second kappa shape index (κ2) is 5.99. The zero-order valence-corrected chi connectivity index (χ0v) is 11.2. The van der Waals surface area contributed by atoms with Gasteiger partial charge in [0.2, 0.25) is 0 Å². The maximum atomic E-state index is 8.97. The number of thioether (sulfide) groups is 2. The summed E-state index contributed by atoms with van der Waals surface area (Å²) >= 11 is 3.95. The van der Waals surface area contributed by atoms with Gasteiger partial charge in [-0.15, -0.1) is 11.8 Å². The van der Waals surface area contributed by atoms with E-state index in [-0.39, 0.29) is 0 Å². The van der Waals surface area contributed by atoms with Crippen molar-refractivity contribution in [2.45, 2.75) is 17.7 Å². The molecule has 3 heteroatoms. The van der Waals surface area contributed by atoms with Gasteiger partial charge in [0, 0.05) is 28.9 Å². The fourth-order valence-electron chi connectivity index (χ4n) is 1.83. The summed E-state index contributed by atoms with van der Waals surface area (Å²) in [6, 6.07) is 8.74. The molecule has 0 fully saturated rings. The smallest absolute Gasteiger partial charge is 0.0464 e. The largest absolute Gasteiger partial charge is 0.396 e. The SMILES string of the molecule is CC(CO)CSCC1CSc2ccccc21. The van der Waals surface area contributed by atoms with E-state index in [4.69, 9.17) is 5.11 Å². The first-order valence-electron chi connectivity index (χ1n) is 5.71. The summed E-state index contributed by atoms with van der Waals surface area (Å²) in [7, 11) is 0. The fraction of sp³-hybridized carbons (Fsp3) is 0.538. The first-order chi connectivity index (χ1) is 7.81. The molecule has 0 bridgehead atoms. The van der Waals surface area contributed by atoms with Crippen molar-refractivity contribution >= 4 is 23.5 Å². The fourth-order valence-corrected chi connectivity index (χ4v) is 4.46. The molecule has 1 heterocycles. The Morgan fingerprint density at radius 1 is 1.50 bits per heavy atom. The van der Waals surface area contributed by atoms with E-state index in [0.29, 0.717) is 18.4 Å². The summed E-state index contributed by atoms with van der Waals surface area (Å²) in [6.45, 7) is 2.41. The van der Waals surface area contributed by atoms with E-state index in [1.54, 1.807) is 0 Å². The number of fused-ring (bicyclic) bond motifs is 1. The van der Waals surface area contributed by atoms with Crippen molar-refractivity contribution in [2.24, 2.45) is 5.92 Å². The Morgan fingerprint density at radius 2 is 2.31 bits per heavy atom. The first-order valence-corrected chi connectivity index (χ1v) is 7.85. The van der Waals surface area contributed by atoms with E-state index in [1.165, 1.54) is 22.0 Å². The molecule has 1 aliphatic rings. The average molecular weight is 254 g/mol. The van der Waals surface area contributed by atoms with Gasteiger partial charge >= 0.3 is 0 Å². The van der Waals surface area contributed by atoms with Crippen LogP contribution in [0, 0.1) is 5.92 Å². The van der Waals surface area contributed by atoms with Crippen LogP contribution in [0.3, 0.4) is 0 Å². The molecule has 1 N–H and O–H groups in total. The van der Waals surface area contributed by atoms with Gasteiger partial charge in [0.15, 0.2) is 0 Å². The summed E-state index contributed by atoms with van der Waals surface area (Å²) in [5.74, 6) is 4.61. The maximum Gasteiger partial charge on any atom is 0.0464 e. The Hall–Kier alpha value is -0.120. The molecule has 16 heavy (non-hydrogen) atoms. The average Bonchev–Trinajstić information content (AvgIpc) is 2.73. The van der Waals surface area contributed by atoms with Crippen molar-refractivity contribution in [3.8, 4) is 0 Å². The highest BCUT2D eigenvalue weighted by atomic mass is 32.2. The van der Waals surface area contributed by atoms with Crippen molar-refractivity contribution in [3.05, 3.63) is 29.8 Å². The summed E-state index contributed by atoms with van der Waals surface area (Å²) in [5, 5.41) is 8.97. The van der Waals surface area contributed by atoms with Crippen LogP contribution in [0.1, 0.15) is 18.4 Å². The number of aliphatic hydroxyl groups is 1. The molecule has 1 aromatic carbocycles. The Morgan fingerprint density at radius 3 is 3.12 bits per heavy atom. The van der Waals surface area contributed by atoms with Crippen molar-refractivity contribution in [1.82, 2.24) is 0 Å². The zero-order valence-electron chi connectivity index (χ0n) is 9.56. The summed E-state index contributed by atoms with van der Waals surface area (Å²) in [6.07, 6.45) is 0. The molecule has 2 atom stereocenters. The molecule has 0 radical (unpaired) electrons. The van der Waals surface area contributed by atoms with Crippen LogP contribution in [0.15, 0.2) is 29.2 Å². The van der Waals surface area contributed by atoms with Crippen LogP contribution in [0.2, 0.25) is 0 Å². The molecule has 0 saturated heterocycles. The Kier molecular flexibility index (Phi) is 4.62. The van der Waals surface area contributed by atoms with Crippen LogP contribution in [0.25, 0.3) is 0 Å². The molecule has 0 amide bonds. The van der Waals surface area contributed by atoms with Crippen molar-refractivity contribution in [1.29, 1.82) is 0 Å². The van der Waals surface area contributed by atoms with E-state index in [1.807, 2.05) is 23.5 Å². The lowest BCUT2D eigenvalue weighted by Crippen LogP contribution is -2.07. The van der Waals surface area contributed by atoms with Crippen LogP contribution in [-0.2, 0) is 0 Å². The van der Waals surface area contributed by atoms with Gasteiger partial charge in [-0.2, -0.15) is 11.8 Å². The van der Waals surface area contributed by atoms with Gasteiger partial charge in [0.1, 0.15) is 0 Å². The minimum Gasteiger partial charge on any atom is -0.396 e.